The molecule has 66 valence electrons. The van der Waals surface area contributed by atoms with E-state index in [4.69, 9.17) is 10.8 Å². The van der Waals surface area contributed by atoms with E-state index in [1.54, 1.807) is 12.1 Å². The third kappa shape index (κ3) is 2.48. The van der Waals surface area contributed by atoms with E-state index in [1.165, 1.54) is 12.4 Å². The number of aliphatic hydroxyl groups is 1. The van der Waals surface area contributed by atoms with Crippen LogP contribution < -0.4 is 10.5 Å². The van der Waals surface area contributed by atoms with Gasteiger partial charge in [-0.2, -0.15) is 4.73 Å². The van der Waals surface area contributed by atoms with Crippen molar-refractivity contribution in [2.24, 2.45) is 5.73 Å². The normalized spacial score (nSPS) is 12.8. The monoisotopic (exact) mass is 168 g/mol. The van der Waals surface area contributed by atoms with Crippen molar-refractivity contribution in [2.75, 3.05) is 6.61 Å². The van der Waals surface area contributed by atoms with Crippen LogP contribution in [0.15, 0.2) is 24.5 Å². The fraction of sp³-hybridized carbons (Fsp3) is 0.375. The Kier molecular flexibility index (Phi) is 3.01. The lowest BCUT2D eigenvalue weighted by Crippen LogP contribution is -2.28. The molecule has 0 aliphatic carbocycles. The van der Waals surface area contributed by atoms with Crippen molar-refractivity contribution in [3.8, 4) is 0 Å². The standard InChI is InChI=1S/C8H12N2O2/c9-8(6-11)5-7-1-3-10(12)4-2-7/h1-4,8,11H,5-6,9H2/t8-/m1/s1. The maximum absolute atomic E-state index is 10.6. The van der Waals surface area contributed by atoms with Crippen molar-refractivity contribution >= 4 is 0 Å². The molecule has 1 aromatic heterocycles. The molecular formula is C8H12N2O2. The van der Waals surface area contributed by atoms with E-state index in [0.29, 0.717) is 11.2 Å². The zero-order valence-electron chi connectivity index (χ0n) is 6.68. The summed E-state index contributed by atoms with van der Waals surface area (Å²) in [6.07, 6.45) is 3.43. The molecule has 0 saturated carbocycles. The Hall–Kier alpha value is -1.13. The lowest BCUT2D eigenvalue weighted by molar-refractivity contribution is -0.605. The van der Waals surface area contributed by atoms with Gasteiger partial charge in [0.2, 0.25) is 0 Å². The summed E-state index contributed by atoms with van der Waals surface area (Å²) < 4.78 is 0.716. The van der Waals surface area contributed by atoms with Crippen LogP contribution in [0.2, 0.25) is 0 Å². The van der Waals surface area contributed by atoms with Gasteiger partial charge in [0, 0.05) is 18.2 Å². The predicted molar refractivity (Wildman–Crippen MR) is 44.2 cm³/mol. The Labute approximate surface area is 70.8 Å². The van der Waals surface area contributed by atoms with Crippen LogP contribution in [0.5, 0.6) is 0 Å². The molecule has 4 heteroatoms. The Morgan fingerprint density at radius 3 is 2.58 bits per heavy atom. The molecule has 1 atom stereocenters. The van der Waals surface area contributed by atoms with Gasteiger partial charge in [-0.1, -0.05) is 0 Å². The molecule has 0 aliphatic rings. The van der Waals surface area contributed by atoms with Gasteiger partial charge in [0.15, 0.2) is 12.4 Å². The Balaban J connectivity index is 2.58. The molecule has 3 N–H and O–H groups in total. The van der Waals surface area contributed by atoms with Crippen LogP contribution in [0, 0.1) is 5.21 Å². The van der Waals surface area contributed by atoms with Gasteiger partial charge in [-0.25, -0.2) is 0 Å². The second-order valence-corrected chi connectivity index (χ2v) is 2.71. The topological polar surface area (TPSA) is 73.2 Å². The first kappa shape index (κ1) is 8.96. The fourth-order valence-electron chi connectivity index (χ4n) is 0.947. The first-order valence-corrected chi connectivity index (χ1v) is 3.76. The molecule has 0 aliphatic heterocycles. The van der Waals surface area contributed by atoms with E-state index in [2.05, 4.69) is 0 Å². The molecule has 0 radical (unpaired) electrons. The van der Waals surface area contributed by atoms with Gasteiger partial charge in [0.1, 0.15) is 0 Å². The van der Waals surface area contributed by atoms with Crippen LogP contribution in [0.4, 0.5) is 0 Å². The minimum absolute atomic E-state index is 0.0354. The molecule has 0 spiro atoms. The molecule has 0 saturated heterocycles. The summed E-state index contributed by atoms with van der Waals surface area (Å²) in [5.41, 5.74) is 6.47. The van der Waals surface area contributed by atoms with Crippen molar-refractivity contribution in [1.29, 1.82) is 0 Å². The van der Waals surface area contributed by atoms with Crippen LogP contribution >= 0.6 is 0 Å². The van der Waals surface area contributed by atoms with E-state index in [9.17, 15) is 5.21 Å². The summed E-state index contributed by atoms with van der Waals surface area (Å²) in [6, 6.07) is 3.15. The highest BCUT2D eigenvalue weighted by atomic mass is 16.5. The first-order chi connectivity index (χ1) is 5.72. The van der Waals surface area contributed by atoms with Crippen LogP contribution in [-0.4, -0.2) is 17.8 Å². The number of nitrogens with zero attached hydrogens (tertiary/aromatic N) is 1. The predicted octanol–water partition coefficient (Wildman–Crippen LogP) is -0.818. The maximum Gasteiger partial charge on any atom is 0.180 e. The van der Waals surface area contributed by atoms with Crippen molar-refractivity contribution in [1.82, 2.24) is 0 Å². The largest absolute Gasteiger partial charge is 0.619 e. The highest BCUT2D eigenvalue weighted by molar-refractivity contribution is 5.08. The van der Waals surface area contributed by atoms with Crippen LogP contribution in [0.1, 0.15) is 5.56 Å². The fourth-order valence-corrected chi connectivity index (χ4v) is 0.947. The van der Waals surface area contributed by atoms with Gasteiger partial charge in [0.25, 0.3) is 0 Å². The molecule has 0 aromatic carbocycles. The second-order valence-electron chi connectivity index (χ2n) is 2.71. The lowest BCUT2D eigenvalue weighted by Gasteiger charge is -2.06. The van der Waals surface area contributed by atoms with E-state index >= 15 is 0 Å². The molecule has 0 unspecified atom stereocenters. The summed E-state index contributed by atoms with van der Waals surface area (Å²) >= 11 is 0. The minimum Gasteiger partial charge on any atom is -0.619 e. The van der Waals surface area contributed by atoms with Crippen molar-refractivity contribution in [2.45, 2.75) is 12.5 Å². The first-order valence-electron chi connectivity index (χ1n) is 3.76. The summed E-state index contributed by atoms with van der Waals surface area (Å²) in [5.74, 6) is 0. The van der Waals surface area contributed by atoms with Crippen molar-refractivity contribution in [3.63, 3.8) is 0 Å². The smallest absolute Gasteiger partial charge is 0.180 e. The molecular weight excluding hydrogens is 156 g/mol. The summed E-state index contributed by atoms with van der Waals surface area (Å²) in [4.78, 5) is 0. The Morgan fingerprint density at radius 1 is 1.50 bits per heavy atom. The van der Waals surface area contributed by atoms with E-state index in [-0.39, 0.29) is 12.6 Å². The Morgan fingerprint density at radius 2 is 2.08 bits per heavy atom. The lowest BCUT2D eigenvalue weighted by atomic mass is 10.1. The summed E-state index contributed by atoms with van der Waals surface area (Å²) in [6.45, 7) is -0.0354. The van der Waals surface area contributed by atoms with Crippen molar-refractivity contribution in [3.05, 3.63) is 35.3 Å². The van der Waals surface area contributed by atoms with Gasteiger partial charge in [-0.15, -0.1) is 0 Å². The minimum atomic E-state index is -0.243. The second kappa shape index (κ2) is 4.04. The summed E-state index contributed by atoms with van der Waals surface area (Å²) in [5, 5.41) is 19.3. The summed E-state index contributed by atoms with van der Waals surface area (Å²) in [7, 11) is 0. The molecule has 0 amide bonds. The zero-order valence-corrected chi connectivity index (χ0v) is 6.68. The number of aliphatic hydroxyl groups excluding tert-OH is 1. The van der Waals surface area contributed by atoms with Gasteiger partial charge in [-0.05, 0) is 12.0 Å². The quantitative estimate of drug-likeness (QED) is 0.457. The van der Waals surface area contributed by atoms with Gasteiger partial charge >= 0.3 is 0 Å². The molecule has 12 heavy (non-hydrogen) atoms. The zero-order chi connectivity index (χ0) is 8.97. The number of aromatic nitrogens is 1. The highest BCUT2D eigenvalue weighted by Gasteiger charge is 2.02. The number of hydrogen-bond acceptors (Lipinski definition) is 3. The third-order valence-corrected chi connectivity index (χ3v) is 1.60. The third-order valence-electron chi connectivity index (χ3n) is 1.60. The molecule has 1 heterocycles. The average molecular weight is 168 g/mol. The Bertz CT molecular complexity index is 235. The molecule has 0 bridgehead atoms. The van der Waals surface area contributed by atoms with Gasteiger partial charge < -0.3 is 16.0 Å². The molecule has 1 aromatic rings. The molecule has 1 rings (SSSR count). The van der Waals surface area contributed by atoms with Gasteiger partial charge in [-0.3, -0.25) is 0 Å². The number of nitrogens with two attached hydrogens (primary N) is 1. The van der Waals surface area contributed by atoms with E-state index < -0.39 is 0 Å². The number of hydrogen-bond donors (Lipinski definition) is 2. The highest BCUT2D eigenvalue weighted by Crippen LogP contribution is 1.98. The SMILES string of the molecule is N[C@@H](CO)Cc1cc[n+]([O-])cc1. The van der Waals surface area contributed by atoms with Crippen LogP contribution in [0.3, 0.4) is 0 Å². The maximum atomic E-state index is 10.6. The number of rotatable bonds is 3. The van der Waals surface area contributed by atoms with E-state index in [0.717, 1.165) is 5.56 Å². The number of pyridine rings is 1. The molecule has 4 nitrogen and oxygen atoms in total. The average Bonchev–Trinajstić information content (AvgIpc) is 2.09. The van der Waals surface area contributed by atoms with Crippen LogP contribution in [-0.2, 0) is 6.42 Å². The van der Waals surface area contributed by atoms with Crippen LogP contribution in [0.25, 0.3) is 0 Å². The van der Waals surface area contributed by atoms with Crippen molar-refractivity contribution < 1.29 is 9.84 Å². The molecule has 0 fully saturated rings. The van der Waals surface area contributed by atoms with E-state index in [1.807, 2.05) is 0 Å². The van der Waals surface area contributed by atoms with Gasteiger partial charge in [0.05, 0.1) is 6.61 Å².